The van der Waals surface area contributed by atoms with Crippen LogP contribution in [0.25, 0.3) is 6.08 Å². The maximum atomic E-state index is 14.1. The fourth-order valence-electron chi connectivity index (χ4n) is 6.26. The number of fused-ring (bicyclic) bond motifs is 5. The quantitative estimate of drug-likeness (QED) is 0.148. The molecule has 7 rings (SSSR count). The number of hydrogen-bond donors (Lipinski definition) is 0. The van der Waals surface area contributed by atoms with Gasteiger partial charge >= 0.3 is 5.97 Å². The molecule has 0 aliphatic carbocycles. The lowest BCUT2D eigenvalue weighted by atomic mass is 9.89. The van der Waals surface area contributed by atoms with Crippen LogP contribution in [-0.4, -0.2) is 35.7 Å². The van der Waals surface area contributed by atoms with Gasteiger partial charge < -0.3 is 9.64 Å². The molecule has 3 aliphatic heterocycles. The molecule has 0 unspecified atom stereocenters. The fourth-order valence-corrected chi connectivity index (χ4v) is 6.26. The first kappa shape index (κ1) is 25.6. The summed E-state index contributed by atoms with van der Waals surface area (Å²) < 4.78 is 19.9. The van der Waals surface area contributed by atoms with Crippen LogP contribution in [0.1, 0.15) is 21.5 Å². The van der Waals surface area contributed by atoms with Crippen LogP contribution in [0.4, 0.5) is 15.8 Å². The highest BCUT2D eigenvalue weighted by Gasteiger charge is 2.65. The molecule has 3 aliphatic rings. The van der Waals surface area contributed by atoms with Gasteiger partial charge in [-0.05, 0) is 54.1 Å². The minimum Gasteiger partial charge on any atom is -0.425 e. The molecule has 4 atom stereocenters. The normalized spacial score (nSPS) is 22.0. The topological polar surface area (TPSA) is 84.0 Å². The smallest absolute Gasteiger partial charge is 0.335 e. The van der Waals surface area contributed by atoms with E-state index in [1.165, 1.54) is 30.3 Å². The molecule has 2 fully saturated rings. The molecule has 0 radical (unpaired) electrons. The van der Waals surface area contributed by atoms with E-state index in [1.807, 2.05) is 42.5 Å². The van der Waals surface area contributed by atoms with Gasteiger partial charge in [-0.25, -0.2) is 14.1 Å². The van der Waals surface area contributed by atoms with Crippen LogP contribution in [0.5, 0.6) is 5.75 Å². The molecule has 0 spiro atoms. The first-order chi connectivity index (χ1) is 20.4. The van der Waals surface area contributed by atoms with Crippen molar-refractivity contribution in [3.8, 4) is 5.75 Å². The van der Waals surface area contributed by atoms with Crippen LogP contribution in [0, 0.1) is 17.7 Å². The number of para-hydroxylation sites is 1. The van der Waals surface area contributed by atoms with Crippen molar-refractivity contribution in [1.29, 1.82) is 0 Å². The van der Waals surface area contributed by atoms with Crippen LogP contribution >= 0.6 is 0 Å². The third-order valence-corrected chi connectivity index (χ3v) is 8.09. The molecular weight excluding hydrogens is 535 g/mol. The molecule has 4 aromatic carbocycles. The summed E-state index contributed by atoms with van der Waals surface area (Å²) in [6, 6.07) is 26.1. The lowest BCUT2D eigenvalue weighted by Gasteiger charge is -2.36. The van der Waals surface area contributed by atoms with Gasteiger partial charge in [0.25, 0.3) is 0 Å². The van der Waals surface area contributed by atoms with Crippen molar-refractivity contribution in [2.24, 2.45) is 11.8 Å². The zero-order valence-corrected chi connectivity index (χ0v) is 22.1. The SMILES string of the molecule is O=C(c1ccccc1)c1ccc(OC(=O)[C@@H]2[C@H]3C(=O)N(c4cccc(F)c4)C(=O)[C@@H]3[C@H]3C=Cc4ccccc4N32)cc1. The number of ether oxygens (including phenoxy) is 1. The summed E-state index contributed by atoms with van der Waals surface area (Å²) >= 11 is 0. The van der Waals surface area contributed by atoms with E-state index in [0.29, 0.717) is 16.8 Å². The number of imide groups is 1. The summed E-state index contributed by atoms with van der Waals surface area (Å²) in [5, 5.41) is 0. The summed E-state index contributed by atoms with van der Waals surface area (Å²) in [6.07, 6.45) is 3.71. The fraction of sp³-hybridized carbons (Fsp3) is 0.118. The zero-order valence-electron chi connectivity index (χ0n) is 22.1. The van der Waals surface area contributed by atoms with Gasteiger partial charge in [0.15, 0.2) is 5.78 Å². The molecule has 2 amide bonds. The van der Waals surface area contributed by atoms with Gasteiger partial charge in [0.1, 0.15) is 17.6 Å². The van der Waals surface area contributed by atoms with Crippen LogP contribution in [0.15, 0.2) is 109 Å². The Labute approximate surface area is 240 Å². The average molecular weight is 559 g/mol. The van der Waals surface area contributed by atoms with E-state index in [-0.39, 0.29) is 17.2 Å². The minimum absolute atomic E-state index is 0.122. The number of nitrogens with zero attached hydrogens (tertiary/aromatic N) is 2. The van der Waals surface area contributed by atoms with Gasteiger partial charge in [-0.15, -0.1) is 0 Å². The van der Waals surface area contributed by atoms with Crippen LogP contribution in [0.3, 0.4) is 0 Å². The predicted molar refractivity (Wildman–Crippen MR) is 153 cm³/mol. The molecular formula is C34H23FN2O5. The average Bonchev–Trinajstić information content (AvgIpc) is 3.50. The Hall–Kier alpha value is -5.37. The van der Waals surface area contributed by atoms with E-state index < -0.39 is 47.5 Å². The molecule has 2 saturated heterocycles. The zero-order chi connectivity index (χ0) is 29.0. The highest BCUT2D eigenvalue weighted by atomic mass is 19.1. The van der Waals surface area contributed by atoms with Crippen LogP contribution in [0.2, 0.25) is 0 Å². The van der Waals surface area contributed by atoms with Crippen LogP contribution < -0.4 is 14.5 Å². The summed E-state index contributed by atoms with van der Waals surface area (Å²) in [4.78, 5) is 57.1. The lowest BCUT2D eigenvalue weighted by Crippen LogP contribution is -2.50. The molecule has 0 N–H and O–H groups in total. The number of carbonyl (C=O) groups excluding carboxylic acids is 4. The largest absolute Gasteiger partial charge is 0.425 e. The predicted octanol–water partition coefficient (Wildman–Crippen LogP) is 5.05. The van der Waals surface area contributed by atoms with E-state index >= 15 is 0 Å². The number of carbonyl (C=O) groups is 4. The number of amides is 2. The number of hydrogen-bond acceptors (Lipinski definition) is 6. The summed E-state index contributed by atoms with van der Waals surface area (Å²) in [5.74, 6) is -4.24. The summed E-state index contributed by atoms with van der Waals surface area (Å²) in [7, 11) is 0. The van der Waals surface area contributed by atoms with Crippen molar-refractivity contribution in [3.63, 3.8) is 0 Å². The van der Waals surface area contributed by atoms with Crippen molar-refractivity contribution in [3.05, 3.63) is 132 Å². The molecule has 206 valence electrons. The lowest BCUT2D eigenvalue weighted by molar-refractivity contribution is -0.139. The standard InChI is InChI=1S/C34H23FN2O5/c35-23-10-6-11-24(19-23)36-32(39)28-27-18-15-20-7-4-5-12-26(20)37(27)30(29(28)33(36)40)34(41)42-25-16-13-22(14-17-25)31(38)21-8-2-1-3-9-21/h1-19,27-30H/t27-,28-,29+,30+/m1/s1. The van der Waals surface area contributed by atoms with E-state index in [4.69, 9.17) is 4.74 Å². The second-order valence-electron chi connectivity index (χ2n) is 10.4. The van der Waals surface area contributed by atoms with E-state index in [9.17, 15) is 23.6 Å². The second-order valence-corrected chi connectivity index (χ2v) is 10.4. The van der Waals surface area contributed by atoms with Gasteiger partial charge in [-0.3, -0.25) is 14.4 Å². The number of rotatable bonds is 5. The van der Waals surface area contributed by atoms with Gasteiger partial charge in [0, 0.05) is 16.8 Å². The molecule has 0 bridgehead atoms. The van der Waals surface area contributed by atoms with E-state index in [2.05, 4.69) is 0 Å². The molecule has 8 heteroatoms. The Bertz CT molecular complexity index is 1790. The van der Waals surface area contributed by atoms with E-state index in [1.54, 1.807) is 41.3 Å². The van der Waals surface area contributed by atoms with Crippen molar-refractivity contribution < 1.29 is 28.3 Å². The highest BCUT2D eigenvalue weighted by molar-refractivity contribution is 6.24. The Kier molecular flexibility index (Phi) is 6.04. The Morgan fingerprint density at radius 3 is 2.19 bits per heavy atom. The summed E-state index contributed by atoms with van der Waals surface area (Å²) in [6.45, 7) is 0. The van der Waals surface area contributed by atoms with Crippen LogP contribution in [-0.2, 0) is 14.4 Å². The minimum atomic E-state index is -1.12. The van der Waals surface area contributed by atoms with Crippen molar-refractivity contribution in [2.45, 2.75) is 12.1 Å². The maximum Gasteiger partial charge on any atom is 0.335 e. The first-order valence-corrected chi connectivity index (χ1v) is 13.5. The van der Waals surface area contributed by atoms with Crippen molar-refractivity contribution in [2.75, 3.05) is 9.80 Å². The van der Waals surface area contributed by atoms with E-state index in [0.717, 1.165) is 16.5 Å². The number of esters is 1. The second kappa shape index (κ2) is 9.92. The highest BCUT2D eigenvalue weighted by Crippen LogP contribution is 2.49. The monoisotopic (exact) mass is 558 g/mol. The van der Waals surface area contributed by atoms with Gasteiger partial charge in [-0.1, -0.05) is 66.7 Å². The van der Waals surface area contributed by atoms with Gasteiger partial charge in [0.2, 0.25) is 11.8 Å². The van der Waals surface area contributed by atoms with Gasteiger partial charge in [-0.2, -0.15) is 0 Å². The maximum absolute atomic E-state index is 14.1. The third kappa shape index (κ3) is 4.03. The number of benzene rings is 4. The van der Waals surface area contributed by atoms with Crippen molar-refractivity contribution in [1.82, 2.24) is 0 Å². The van der Waals surface area contributed by atoms with Crippen molar-refractivity contribution >= 4 is 41.0 Å². The number of anilines is 2. The summed E-state index contributed by atoms with van der Waals surface area (Å²) in [5.41, 5.74) is 2.64. The Morgan fingerprint density at radius 2 is 1.43 bits per heavy atom. The Morgan fingerprint density at radius 1 is 0.738 bits per heavy atom. The molecule has 7 nitrogen and oxygen atoms in total. The first-order valence-electron chi connectivity index (χ1n) is 13.5. The Balaban J connectivity index is 1.23. The third-order valence-electron chi connectivity index (χ3n) is 8.09. The number of halogens is 1. The molecule has 42 heavy (non-hydrogen) atoms. The molecule has 0 saturated carbocycles. The molecule has 3 heterocycles. The van der Waals surface area contributed by atoms with Gasteiger partial charge in [0.05, 0.1) is 23.6 Å². The molecule has 4 aromatic rings. The number of ketones is 1. The molecule has 0 aromatic heterocycles.